The maximum Gasteiger partial charge on any atom is 0.132 e. The third kappa shape index (κ3) is 4.55. The van der Waals surface area contributed by atoms with Gasteiger partial charge in [-0.25, -0.2) is 0 Å². The highest BCUT2D eigenvalue weighted by Crippen LogP contribution is 2.24. The zero-order valence-corrected chi connectivity index (χ0v) is 9.95. The summed E-state index contributed by atoms with van der Waals surface area (Å²) in [5, 5.41) is 0. The molecule has 1 atom stereocenters. The van der Waals surface area contributed by atoms with Crippen molar-refractivity contribution in [3.8, 4) is 12.3 Å². The van der Waals surface area contributed by atoms with Crippen molar-refractivity contribution in [2.24, 2.45) is 0 Å². The summed E-state index contributed by atoms with van der Waals surface area (Å²) in [4.78, 5) is 0. The Morgan fingerprint density at radius 3 is 2.94 bits per heavy atom. The Labute approximate surface area is 98.0 Å². The molecule has 0 N–H and O–H groups in total. The van der Waals surface area contributed by atoms with Crippen molar-refractivity contribution in [2.45, 2.75) is 45.1 Å². The summed E-state index contributed by atoms with van der Waals surface area (Å²) < 4.78 is 10.9. The second-order valence-corrected chi connectivity index (χ2v) is 3.87. The highest BCUT2D eigenvalue weighted by Gasteiger charge is 2.13. The molecule has 1 aromatic rings. The lowest BCUT2D eigenvalue weighted by Crippen LogP contribution is -2.04. The van der Waals surface area contributed by atoms with Crippen molar-refractivity contribution in [3.05, 3.63) is 24.2 Å². The van der Waals surface area contributed by atoms with E-state index in [-0.39, 0.29) is 6.10 Å². The lowest BCUT2D eigenvalue weighted by Gasteiger charge is -2.13. The molecule has 0 aliphatic rings. The van der Waals surface area contributed by atoms with Crippen LogP contribution < -0.4 is 0 Å². The summed E-state index contributed by atoms with van der Waals surface area (Å²) in [7, 11) is 0. The van der Waals surface area contributed by atoms with Crippen LogP contribution in [0.5, 0.6) is 0 Å². The highest BCUT2D eigenvalue weighted by molar-refractivity contribution is 5.02. The monoisotopic (exact) mass is 220 g/mol. The fourth-order valence-corrected chi connectivity index (χ4v) is 1.69. The fraction of sp³-hybridized carbons (Fsp3) is 0.571. The summed E-state index contributed by atoms with van der Waals surface area (Å²) in [6.45, 7) is 2.55. The Morgan fingerprint density at radius 1 is 1.44 bits per heavy atom. The molecule has 1 aromatic heterocycles. The van der Waals surface area contributed by atoms with Crippen LogP contribution in [-0.4, -0.2) is 6.61 Å². The van der Waals surface area contributed by atoms with Gasteiger partial charge in [-0.3, -0.25) is 0 Å². The zero-order valence-electron chi connectivity index (χ0n) is 9.95. The number of terminal acetylenes is 1. The number of ether oxygens (including phenoxy) is 1. The number of hydrogen-bond acceptors (Lipinski definition) is 2. The summed E-state index contributed by atoms with van der Waals surface area (Å²) in [5.41, 5.74) is 0. The van der Waals surface area contributed by atoms with E-state index in [0.717, 1.165) is 18.6 Å². The maximum absolute atomic E-state index is 5.59. The first kappa shape index (κ1) is 12.9. The molecule has 0 saturated heterocycles. The molecule has 2 heteroatoms. The van der Waals surface area contributed by atoms with Gasteiger partial charge < -0.3 is 9.15 Å². The van der Waals surface area contributed by atoms with E-state index in [0.29, 0.717) is 6.61 Å². The van der Waals surface area contributed by atoms with E-state index in [9.17, 15) is 0 Å². The smallest absolute Gasteiger partial charge is 0.132 e. The first-order valence-electron chi connectivity index (χ1n) is 5.97. The third-order valence-corrected chi connectivity index (χ3v) is 2.55. The largest absolute Gasteiger partial charge is 0.467 e. The van der Waals surface area contributed by atoms with Crippen LogP contribution in [-0.2, 0) is 4.74 Å². The first-order chi connectivity index (χ1) is 7.88. The quantitative estimate of drug-likeness (QED) is 0.489. The molecule has 16 heavy (non-hydrogen) atoms. The van der Waals surface area contributed by atoms with Crippen LogP contribution in [0.25, 0.3) is 0 Å². The Morgan fingerprint density at radius 2 is 2.31 bits per heavy atom. The van der Waals surface area contributed by atoms with Crippen LogP contribution in [0.3, 0.4) is 0 Å². The molecule has 0 aromatic carbocycles. The minimum atomic E-state index is 0.0166. The van der Waals surface area contributed by atoms with Crippen molar-refractivity contribution >= 4 is 0 Å². The molecule has 2 nitrogen and oxygen atoms in total. The molecule has 1 heterocycles. The van der Waals surface area contributed by atoms with E-state index < -0.39 is 0 Å². The van der Waals surface area contributed by atoms with Gasteiger partial charge in [0, 0.05) is 0 Å². The summed E-state index contributed by atoms with van der Waals surface area (Å²) in [6, 6.07) is 3.83. The van der Waals surface area contributed by atoms with E-state index in [1.807, 2.05) is 12.1 Å². The van der Waals surface area contributed by atoms with Crippen LogP contribution in [0.1, 0.15) is 50.9 Å². The van der Waals surface area contributed by atoms with E-state index >= 15 is 0 Å². The van der Waals surface area contributed by atoms with E-state index in [1.165, 1.54) is 19.3 Å². The molecule has 0 radical (unpaired) electrons. The molecule has 0 saturated carbocycles. The van der Waals surface area contributed by atoms with Gasteiger partial charge in [0.2, 0.25) is 0 Å². The van der Waals surface area contributed by atoms with E-state index in [2.05, 4.69) is 12.8 Å². The maximum atomic E-state index is 5.59. The van der Waals surface area contributed by atoms with Gasteiger partial charge in [-0.2, -0.15) is 0 Å². The Hall–Kier alpha value is -1.20. The van der Waals surface area contributed by atoms with Gasteiger partial charge >= 0.3 is 0 Å². The number of rotatable bonds is 8. The molecular formula is C14H20O2. The van der Waals surface area contributed by atoms with Gasteiger partial charge in [0.1, 0.15) is 18.5 Å². The molecule has 0 amide bonds. The second kappa shape index (κ2) is 8.01. The van der Waals surface area contributed by atoms with Crippen LogP contribution in [0.2, 0.25) is 0 Å². The van der Waals surface area contributed by atoms with Gasteiger partial charge in [-0.15, -0.1) is 6.42 Å². The molecule has 0 aliphatic heterocycles. The van der Waals surface area contributed by atoms with Crippen molar-refractivity contribution in [1.82, 2.24) is 0 Å². The molecule has 88 valence electrons. The van der Waals surface area contributed by atoms with Gasteiger partial charge in [0.05, 0.1) is 6.26 Å². The molecule has 0 bridgehead atoms. The van der Waals surface area contributed by atoms with Crippen LogP contribution in [0.4, 0.5) is 0 Å². The van der Waals surface area contributed by atoms with Crippen LogP contribution in [0, 0.1) is 12.3 Å². The van der Waals surface area contributed by atoms with E-state index in [1.54, 1.807) is 6.26 Å². The Bertz CT molecular complexity index is 295. The van der Waals surface area contributed by atoms with Crippen molar-refractivity contribution in [1.29, 1.82) is 0 Å². The van der Waals surface area contributed by atoms with Crippen molar-refractivity contribution in [3.63, 3.8) is 0 Å². The van der Waals surface area contributed by atoms with Gasteiger partial charge in [0.15, 0.2) is 0 Å². The van der Waals surface area contributed by atoms with Crippen molar-refractivity contribution in [2.75, 3.05) is 6.61 Å². The normalized spacial score (nSPS) is 12.2. The van der Waals surface area contributed by atoms with Gasteiger partial charge in [-0.05, 0) is 18.6 Å². The summed E-state index contributed by atoms with van der Waals surface area (Å²) >= 11 is 0. The lowest BCUT2D eigenvalue weighted by atomic mass is 10.1. The zero-order chi connectivity index (χ0) is 11.6. The minimum Gasteiger partial charge on any atom is -0.467 e. The average Bonchev–Trinajstić information content (AvgIpc) is 2.82. The van der Waals surface area contributed by atoms with Crippen LogP contribution >= 0.6 is 0 Å². The topological polar surface area (TPSA) is 22.4 Å². The molecule has 0 aliphatic carbocycles. The predicted molar refractivity (Wildman–Crippen MR) is 65.0 cm³/mol. The second-order valence-electron chi connectivity index (χ2n) is 3.87. The van der Waals surface area contributed by atoms with Crippen LogP contribution in [0.15, 0.2) is 22.8 Å². The highest BCUT2D eigenvalue weighted by atomic mass is 16.5. The average molecular weight is 220 g/mol. The standard InChI is InChI=1S/C14H20O2/c1-3-5-6-7-9-13(15-11-4-2)14-10-8-12-16-14/h2,8,10,12-13H,3,5-7,9,11H2,1H3. The van der Waals surface area contributed by atoms with Gasteiger partial charge in [0.25, 0.3) is 0 Å². The SMILES string of the molecule is C#CCOC(CCCCCC)c1ccco1. The Balaban J connectivity index is 2.36. The molecule has 0 fully saturated rings. The summed E-state index contributed by atoms with van der Waals surface area (Å²) in [6.07, 6.45) is 12.8. The fourth-order valence-electron chi connectivity index (χ4n) is 1.69. The number of unbranched alkanes of at least 4 members (excludes halogenated alkanes) is 3. The van der Waals surface area contributed by atoms with Crippen molar-refractivity contribution < 1.29 is 9.15 Å². The van der Waals surface area contributed by atoms with E-state index in [4.69, 9.17) is 15.6 Å². The van der Waals surface area contributed by atoms with Gasteiger partial charge in [-0.1, -0.05) is 38.5 Å². The third-order valence-electron chi connectivity index (χ3n) is 2.55. The molecule has 0 spiro atoms. The summed E-state index contributed by atoms with van der Waals surface area (Å²) in [5.74, 6) is 3.38. The molecule has 1 rings (SSSR count). The predicted octanol–water partition coefficient (Wildman–Crippen LogP) is 3.94. The Kier molecular flexibility index (Phi) is 6.44. The number of hydrogen-bond donors (Lipinski definition) is 0. The molecular weight excluding hydrogens is 200 g/mol. The lowest BCUT2D eigenvalue weighted by molar-refractivity contribution is 0.0522. The minimum absolute atomic E-state index is 0.0166. The first-order valence-corrected chi connectivity index (χ1v) is 5.97. The molecule has 1 unspecified atom stereocenters. The number of furan rings is 1.